The first-order valence-corrected chi connectivity index (χ1v) is 8.02. The van der Waals surface area contributed by atoms with Crippen molar-refractivity contribution in [3.05, 3.63) is 53.7 Å². The first-order chi connectivity index (χ1) is 9.86. The molecule has 4 nitrogen and oxygen atoms in total. The topological polar surface area (TPSA) is 59.1 Å². The van der Waals surface area contributed by atoms with Crippen LogP contribution in [0.5, 0.6) is 0 Å². The Kier molecular flexibility index (Phi) is 4.52. The van der Waals surface area contributed by atoms with Crippen LogP contribution in [0.4, 0.5) is 14.5 Å². The van der Waals surface area contributed by atoms with Crippen LogP contribution in [0.1, 0.15) is 17.6 Å². The molecular formula is C14H14F2N2O2S. The minimum atomic E-state index is -3.32. The van der Waals surface area contributed by atoms with Crippen LogP contribution in [-0.2, 0) is 16.4 Å². The van der Waals surface area contributed by atoms with Crippen LogP contribution >= 0.6 is 0 Å². The monoisotopic (exact) mass is 312 g/mol. The van der Waals surface area contributed by atoms with Gasteiger partial charge in [0.25, 0.3) is 6.43 Å². The zero-order chi connectivity index (χ0) is 15.5. The van der Waals surface area contributed by atoms with Crippen molar-refractivity contribution in [3.8, 4) is 0 Å². The Hall–Kier alpha value is -2.02. The lowest BCUT2D eigenvalue weighted by Gasteiger charge is -2.08. The SMILES string of the molecule is CS(=O)(=O)c1ccc(NCc2cccc(C(F)F)c2)cn1. The van der Waals surface area contributed by atoms with Gasteiger partial charge >= 0.3 is 0 Å². The van der Waals surface area contributed by atoms with Gasteiger partial charge in [-0.1, -0.05) is 18.2 Å². The molecule has 1 N–H and O–H groups in total. The van der Waals surface area contributed by atoms with Crippen LogP contribution in [0.3, 0.4) is 0 Å². The quantitative estimate of drug-likeness (QED) is 0.922. The highest BCUT2D eigenvalue weighted by Crippen LogP contribution is 2.20. The number of nitrogens with zero attached hydrogens (tertiary/aromatic N) is 1. The van der Waals surface area contributed by atoms with Crippen molar-refractivity contribution in [2.45, 2.75) is 18.0 Å². The molecule has 0 aliphatic heterocycles. The van der Waals surface area contributed by atoms with Crippen LogP contribution in [0.2, 0.25) is 0 Å². The molecule has 0 bridgehead atoms. The van der Waals surface area contributed by atoms with Crippen molar-refractivity contribution in [1.82, 2.24) is 4.98 Å². The summed E-state index contributed by atoms with van der Waals surface area (Å²) in [6.45, 7) is 0.348. The average molecular weight is 312 g/mol. The van der Waals surface area contributed by atoms with Crippen molar-refractivity contribution in [2.75, 3.05) is 11.6 Å². The molecule has 1 heterocycles. The second kappa shape index (κ2) is 6.17. The molecule has 0 amide bonds. The molecule has 112 valence electrons. The van der Waals surface area contributed by atoms with E-state index < -0.39 is 16.3 Å². The van der Waals surface area contributed by atoms with Gasteiger partial charge in [0.1, 0.15) is 0 Å². The van der Waals surface area contributed by atoms with Crippen molar-refractivity contribution in [3.63, 3.8) is 0 Å². The fourth-order valence-corrected chi connectivity index (χ4v) is 2.31. The molecule has 1 aromatic heterocycles. The zero-order valence-electron chi connectivity index (χ0n) is 11.3. The Morgan fingerprint density at radius 2 is 2.00 bits per heavy atom. The molecule has 0 aliphatic carbocycles. The van der Waals surface area contributed by atoms with Gasteiger partial charge in [0.15, 0.2) is 14.9 Å². The fraction of sp³-hybridized carbons (Fsp3) is 0.214. The fourth-order valence-electron chi connectivity index (χ4n) is 1.75. The van der Waals surface area contributed by atoms with Crippen molar-refractivity contribution in [2.24, 2.45) is 0 Å². The maximum atomic E-state index is 12.6. The molecule has 0 radical (unpaired) electrons. The predicted octanol–water partition coefficient (Wildman–Crippen LogP) is 3.03. The number of aromatic nitrogens is 1. The van der Waals surface area contributed by atoms with Gasteiger partial charge in [0.2, 0.25) is 0 Å². The highest BCUT2D eigenvalue weighted by Gasteiger charge is 2.09. The van der Waals surface area contributed by atoms with Crippen LogP contribution in [-0.4, -0.2) is 19.7 Å². The summed E-state index contributed by atoms with van der Waals surface area (Å²) in [6, 6.07) is 9.08. The molecular weight excluding hydrogens is 298 g/mol. The summed E-state index contributed by atoms with van der Waals surface area (Å²) in [5.41, 5.74) is 1.30. The summed E-state index contributed by atoms with van der Waals surface area (Å²) >= 11 is 0. The lowest BCUT2D eigenvalue weighted by atomic mass is 10.1. The summed E-state index contributed by atoms with van der Waals surface area (Å²) < 4.78 is 47.7. The van der Waals surface area contributed by atoms with Gasteiger partial charge in [-0.2, -0.15) is 0 Å². The number of sulfone groups is 1. The largest absolute Gasteiger partial charge is 0.380 e. The van der Waals surface area contributed by atoms with Crippen molar-refractivity contribution < 1.29 is 17.2 Å². The third kappa shape index (κ3) is 4.22. The normalized spacial score (nSPS) is 11.6. The number of hydrogen-bond acceptors (Lipinski definition) is 4. The summed E-state index contributed by atoms with van der Waals surface area (Å²) in [4.78, 5) is 3.84. The molecule has 2 rings (SSSR count). The van der Waals surface area contributed by atoms with E-state index >= 15 is 0 Å². The minimum absolute atomic E-state index is 0.00672. The molecule has 0 fully saturated rings. The van der Waals surface area contributed by atoms with E-state index in [0.717, 1.165) is 6.26 Å². The Bertz CT molecular complexity index is 716. The summed E-state index contributed by atoms with van der Waals surface area (Å²) in [7, 11) is -3.32. The molecule has 21 heavy (non-hydrogen) atoms. The van der Waals surface area contributed by atoms with E-state index in [1.54, 1.807) is 18.2 Å². The first-order valence-electron chi connectivity index (χ1n) is 6.13. The summed E-state index contributed by atoms with van der Waals surface area (Å²) in [5.74, 6) is 0. The third-order valence-electron chi connectivity index (χ3n) is 2.82. The molecule has 0 atom stereocenters. The minimum Gasteiger partial charge on any atom is -0.380 e. The molecule has 0 aliphatic rings. The number of alkyl halides is 2. The molecule has 0 saturated heterocycles. The van der Waals surface area contributed by atoms with Crippen molar-refractivity contribution in [1.29, 1.82) is 0 Å². The standard InChI is InChI=1S/C14H14F2N2O2S/c1-21(19,20)13-6-5-12(9-18-13)17-8-10-3-2-4-11(7-10)14(15)16/h2-7,9,14,17H,8H2,1H3. The van der Waals surface area contributed by atoms with E-state index in [0.29, 0.717) is 17.8 Å². The number of pyridine rings is 1. The Balaban J connectivity index is 2.05. The highest BCUT2D eigenvalue weighted by molar-refractivity contribution is 7.90. The number of anilines is 1. The lowest BCUT2D eigenvalue weighted by molar-refractivity contribution is 0.151. The second-order valence-corrected chi connectivity index (χ2v) is 6.52. The van der Waals surface area contributed by atoms with Gasteiger partial charge in [-0.25, -0.2) is 22.2 Å². The molecule has 0 spiro atoms. The zero-order valence-corrected chi connectivity index (χ0v) is 12.1. The Morgan fingerprint density at radius 3 is 2.57 bits per heavy atom. The smallest absolute Gasteiger partial charge is 0.263 e. The van der Waals surface area contributed by atoms with Gasteiger partial charge in [0.05, 0.1) is 11.9 Å². The maximum Gasteiger partial charge on any atom is 0.263 e. The van der Waals surface area contributed by atoms with E-state index in [1.165, 1.54) is 24.4 Å². The molecule has 1 aromatic carbocycles. The van der Waals surface area contributed by atoms with Crippen molar-refractivity contribution >= 4 is 15.5 Å². The lowest BCUT2D eigenvalue weighted by Crippen LogP contribution is -2.03. The van der Waals surface area contributed by atoms with Crippen LogP contribution < -0.4 is 5.32 Å². The predicted molar refractivity (Wildman–Crippen MR) is 76.1 cm³/mol. The number of halogens is 2. The van der Waals surface area contributed by atoms with Crippen LogP contribution in [0, 0.1) is 0 Å². The van der Waals surface area contributed by atoms with Gasteiger partial charge in [-0.15, -0.1) is 0 Å². The summed E-state index contributed by atoms with van der Waals surface area (Å²) in [5, 5.41) is 3.00. The highest BCUT2D eigenvalue weighted by atomic mass is 32.2. The van der Waals surface area contributed by atoms with Gasteiger partial charge in [0, 0.05) is 18.4 Å². The summed E-state index contributed by atoms with van der Waals surface area (Å²) in [6.07, 6.45) is -0.0216. The molecule has 0 saturated carbocycles. The maximum absolute atomic E-state index is 12.6. The average Bonchev–Trinajstić information content (AvgIpc) is 2.45. The third-order valence-corrected chi connectivity index (χ3v) is 3.82. The van der Waals surface area contributed by atoms with Crippen LogP contribution in [0.25, 0.3) is 0 Å². The van der Waals surface area contributed by atoms with E-state index in [9.17, 15) is 17.2 Å². The number of benzene rings is 1. The first kappa shape index (κ1) is 15.4. The number of nitrogens with one attached hydrogen (secondary N) is 1. The van der Waals surface area contributed by atoms with E-state index in [2.05, 4.69) is 10.3 Å². The second-order valence-electron chi connectivity index (χ2n) is 4.56. The van der Waals surface area contributed by atoms with E-state index in [-0.39, 0.29) is 10.6 Å². The van der Waals surface area contributed by atoms with Gasteiger partial charge in [-0.3, -0.25) is 0 Å². The molecule has 2 aromatic rings. The molecule has 0 unspecified atom stereocenters. The van der Waals surface area contributed by atoms with Crippen LogP contribution in [0.15, 0.2) is 47.6 Å². The Labute approximate surface area is 121 Å². The number of hydrogen-bond donors (Lipinski definition) is 1. The van der Waals surface area contributed by atoms with Gasteiger partial charge in [-0.05, 0) is 23.8 Å². The number of rotatable bonds is 5. The van der Waals surface area contributed by atoms with E-state index in [4.69, 9.17) is 0 Å². The molecule has 7 heteroatoms. The van der Waals surface area contributed by atoms with Gasteiger partial charge < -0.3 is 5.32 Å². The van der Waals surface area contributed by atoms with E-state index in [1.807, 2.05) is 0 Å². The Morgan fingerprint density at radius 1 is 1.24 bits per heavy atom.